The minimum absolute atomic E-state index is 0.0535. The monoisotopic (exact) mass is 601 g/mol. The molecule has 0 saturated carbocycles. The number of aromatic nitrogens is 3. The summed E-state index contributed by atoms with van der Waals surface area (Å²) < 4.78 is 5.78. The molecule has 1 aliphatic rings. The number of nitrogens with one attached hydrogen (secondary N) is 3. The van der Waals surface area contributed by atoms with Crippen molar-refractivity contribution in [3.05, 3.63) is 66.1 Å². The van der Waals surface area contributed by atoms with Gasteiger partial charge in [0.15, 0.2) is 0 Å². The standard InChI is InChI=1S/C34H47N7O3/c1-25(42)36-19-22-41(20-9-8-14-28-16-15-27-13-10-18-37-32(27)38-28)21-17-29(33(43)44-34(2,3)4)39-31-24-35-23-30(40-31)26-11-6-5-7-12-26/h5-7,11-12,15-16,23-24,29H,8-10,13-14,17-22H2,1-4H3,(H,36,42)(H,37,38)(H,39,40)/t29-/m0/s1. The van der Waals surface area contributed by atoms with Crippen molar-refractivity contribution >= 4 is 23.5 Å². The molecule has 1 amide bonds. The van der Waals surface area contributed by atoms with Gasteiger partial charge in [-0.05, 0) is 77.5 Å². The van der Waals surface area contributed by atoms with Crippen LogP contribution in [0.2, 0.25) is 0 Å². The molecule has 10 heteroatoms. The zero-order chi connectivity index (χ0) is 31.4. The van der Waals surface area contributed by atoms with Crippen LogP contribution in [0.4, 0.5) is 11.6 Å². The SMILES string of the molecule is CC(=O)NCCN(CCCCc1ccc2c(n1)NCCC2)CC[C@H](Nc1cncc(-c2ccccc2)n1)C(=O)OC(C)(C)C. The molecule has 2 aromatic heterocycles. The van der Waals surface area contributed by atoms with Crippen LogP contribution in [0.1, 0.15) is 64.6 Å². The van der Waals surface area contributed by atoms with Crippen molar-refractivity contribution in [3.8, 4) is 11.3 Å². The average molecular weight is 602 g/mol. The number of hydrogen-bond donors (Lipinski definition) is 3. The molecule has 0 radical (unpaired) electrons. The zero-order valence-corrected chi connectivity index (χ0v) is 26.6. The molecule has 0 fully saturated rings. The zero-order valence-electron chi connectivity index (χ0n) is 26.6. The molecule has 0 aliphatic carbocycles. The number of aryl methyl sites for hydroxylation is 2. The van der Waals surface area contributed by atoms with Crippen molar-refractivity contribution in [1.82, 2.24) is 25.2 Å². The quantitative estimate of drug-likeness (QED) is 0.165. The summed E-state index contributed by atoms with van der Waals surface area (Å²) in [6.45, 7) is 10.8. The summed E-state index contributed by atoms with van der Waals surface area (Å²) in [5, 5.41) is 9.61. The van der Waals surface area contributed by atoms with Gasteiger partial charge in [-0.2, -0.15) is 0 Å². The number of fused-ring (bicyclic) bond motifs is 1. The summed E-state index contributed by atoms with van der Waals surface area (Å²) in [4.78, 5) is 41.1. The molecule has 3 aromatic rings. The number of unbranched alkanes of at least 4 members (excludes halogenated alkanes) is 1. The third-order valence-electron chi connectivity index (χ3n) is 7.36. The Morgan fingerprint density at radius 2 is 1.84 bits per heavy atom. The van der Waals surface area contributed by atoms with E-state index in [0.29, 0.717) is 31.9 Å². The van der Waals surface area contributed by atoms with Gasteiger partial charge in [-0.3, -0.25) is 9.78 Å². The number of anilines is 2. The topological polar surface area (TPSA) is 121 Å². The molecule has 0 saturated heterocycles. The lowest BCUT2D eigenvalue weighted by atomic mass is 10.1. The molecule has 0 spiro atoms. The van der Waals surface area contributed by atoms with Gasteiger partial charge in [0, 0.05) is 44.4 Å². The predicted molar refractivity (Wildman–Crippen MR) is 174 cm³/mol. The van der Waals surface area contributed by atoms with E-state index in [4.69, 9.17) is 14.7 Å². The lowest BCUT2D eigenvalue weighted by Crippen LogP contribution is -2.41. The van der Waals surface area contributed by atoms with Gasteiger partial charge >= 0.3 is 5.97 Å². The van der Waals surface area contributed by atoms with Crippen LogP contribution in [-0.2, 0) is 27.2 Å². The summed E-state index contributed by atoms with van der Waals surface area (Å²) in [6, 6.07) is 13.5. The molecule has 236 valence electrons. The van der Waals surface area contributed by atoms with Gasteiger partial charge in [-0.15, -0.1) is 0 Å². The highest BCUT2D eigenvalue weighted by Crippen LogP contribution is 2.21. The third-order valence-corrected chi connectivity index (χ3v) is 7.36. The van der Waals surface area contributed by atoms with Crippen molar-refractivity contribution in [2.45, 2.75) is 77.9 Å². The molecule has 44 heavy (non-hydrogen) atoms. The Balaban J connectivity index is 1.38. The first kappa shape index (κ1) is 32.9. The van der Waals surface area contributed by atoms with E-state index in [1.54, 1.807) is 12.4 Å². The Morgan fingerprint density at radius 3 is 2.61 bits per heavy atom. The maximum absolute atomic E-state index is 13.3. The van der Waals surface area contributed by atoms with E-state index in [1.165, 1.54) is 12.5 Å². The van der Waals surface area contributed by atoms with Crippen LogP contribution >= 0.6 is 0 Å². The van der Waals surface area contributed by atoms with Crippen molar-refractivity contribution in [3.63, 3.8) is 0 Å². The Kier molecular flexibility index (Phi) is 12.1. The fourth-order valence-electron chi connectivity index (χ4n) is 5.17. The van der Waals surface area contributed by atoms with Crippen LogP contribution in [0.5, 0.6) is 0 Å². The molecule has 10 nitrogen and oxygen atoms in total. The van der Waals surface area contributed by atoms with E-state index in [1.807, 2.05) is 51.1 Å². The molecule has 0 unspecified atom stereocenters. The molecular weight excluding hydrogens is 554 g/mol. The van der Waals surface area contributed by atoms with Gasteiger partial charge in [0.25, 0.3) is 0 Å². The number of rotatable bonds is 15. The number of carbonyl (C=O) groups excluding carboxylic acids is 2. The number of benzene rings is 1. The second kappa shape index (κ2) is 16.1. The van der Waals surface area contributed by atoms with Crippen molar-refractivity contribution < 1.29 is 14.3 Å². The minimum atomic E-state index is -0.625. The summed E-state index contributed by atoms with van der Waals surface area (Å²) in [5.41, 5.74) is 3.45. The molecule has 0 bridgehead atoms. The molecule has 1 atom stereocenters. The van der Waals surface area contributed by atoms with Gasteiger partial charge in [-0.1, -0.05) is 36.4 Å². The second-order valence-corrected chi connectivity index (χ2v) is 12.3. The van der Waals surface area contributed by atoms with Crippen molar-refractivity contribution in [2.75, 3.05) is 43.4 Å². The number of nitrogens with zero attached hydrogens (tertiary/aromatic N) is 4. The highest BCUT2D eigenvalue weighted by Gasteiger charge is 2.26. The van der Waals surface area contributed by atoms with Crippen LogP contribution in [0.15, 0.2) is 54.9 Å². The first-order chi connectivity index (χ1) is 21.2. The highest BCUT2D eigenvalue weighted by molar-refractivity contribution is 5.79. The first-order valence-corrected chi connectivity index (χ1v) is 15.7. The number of ether oxygens (including phenoxy) is 1. The fourth-order valence-corrected chi connectivity index (χ4v) is 5.17. The largest absolute Gasteiger partial charge is 0.458 e. The summed E-state index contributed by atoms with van der Waals surface area (Å²) >= 11 is 0. The molecular formula is C34H47N7O3. The molecule has 3 heterocycles. The van der Waals surface area contributed by atoms with Crippen LogP contribution in [0, 0.1) is 0 Å². The molecule has 1 aromatic carbocycles. The van der Waals surface area contributed by atoms with E-state index in [9.17, 15) is 9.59 Å². The second-order valence-electron chi connectivity index (χ2n) is 12.3. The van der Waals surface area contributed by atoms with E-state index < -0.39 is 11.6 Å². The number of amides is 1. The third kappa shape index (κ3) is 10.9. The van der Waals surface area contributed by atoms with Crippen LogP contribution in [0.3, 0.4) is 0 Å². The molecule has 4 rings (SSSR count). The normalized spacial score (nSPS) is 13.5. The molecule has 1 aliphatic heterocycles. The Morgan fingerprint density at radius 1 is 1.02 bits per heavy atom. The minimum Gasteiger partial charge on any atom is -0.458 e. The van der Waals surface area contributed by atoms with Gasteiger partial charge in [-0.25, -0.2) is 14.8 Å². The maximum atomic E-state index is 13.3. The number of pyridine rings is 1. The van der Waals surface area contributed by atoms with E-state index in [-0.39, 0.29) is 11.9 Å². The van der Waals surface area contributed by atoms with E-state index in [0.717, 1.165) is 68.0 Å². The van der Waals surface area contributed by atoms with Crippen molar-refractivity contribution in [1.29, 1.82) is 0 Å². The first-order valence-electron chi connectivity index (χ1n) is 15.7. The number of hydrogen-bond acceptors (Lipinski definition) is 9. The summed E-state index contributed by atoms with van der Waals surface area (Å²) in [5.74, 6) is 1.16. The van der Waals surface area contributed by atoms with Crippen molar-refractivity contribution in [2.24, 2.45) is 0 Å². The fraction of sp³-hybridized carbons (Fsp3) is 0.500. The van der Waals surface area contributed by atoms with Gasteiger partial charge in [0.05, 0.1) is 18.1 Å². The smallest absolute Gasteiger partial charge is 0.329 e. The van der Waals surface area contributed by atoms with Gasteiger partial charge < -0.3 is 25.6 Å². The number of esters is 1. The van der Waals surface area contributed by atoms with E-state index >= 15 is 0 Å². The Bertz CT molecular complexity index is 1360. The summed E-state index contributed by atoms with van der Waals surface area (Å²) in [7, 11) is 0. The predicted octanol–water partition coefficient (Wildman–Crippen LogP) is 4.87. The molecule has 3 N–H and O–H groups in total. The van der Waals surface area contributed by atoms with Crippen LogP contribution < -0.4 is 16.0 Å². The van der Waals surface area contributed by atoms with Crippen LogP contribution in [-0.4, -0.2) is 76.1 Å². The number of carbonyl (C=O) groups is 2. The van der Waals surface area contributed by atoms with E-state index in [2.05, 4.69) is 38.0 Å². The summed E-state index contributed by atoms with van der Waals surface area (Å²) in [6.07, 6.45) is 8.96. The highest BCUT2D eigenvalue weighted by atomic mass is 16.6. The average Bonchev–Trinajstić information content (AvgIpc) is 3.00. The Labute approximate surface area is 261 Å². The van der Waals surface area contributed by atoms with Crippen LogP contribution in [0.25, 0.3) is 11.3 Å². The maximum Gasteiger partial charge on any atom is 0.329 e. The lowest BCUT2D eigenvalue weighted by Gasteiger charge is -2.28. The van der Waals surface area contributed by atoms with Gasteiger partial charge in [0.1, 0.15) is 23.3 Å². The Hall–Kier alpha value is -4.05. The van der Waals surface area contributed by atoms with Gasteiger partial charge in [0.2, 0.25) is 5.91 Å². The lowest BCUT2D eigenvalue weighted by molar-refractivity contribution is -0.156.